The lowest BCUT2D eigenvalue weighted by Gasteiger charge is -1.98. The quantitative estimate of drug-likeness (QED) is 0.445. The van der Waals surface area contributed by atoms with Crippen molar-refractivity contribution in [3.05, 3.63) is 65.7 Å². The van der Waals surface area contributed by atoms with Crippen LogP contribution in [0.3, 0.4) is 0 Å². The monoisotopic (exact) mass is 303 g/mol. The van der Waals surface area contributed by atoms with Crippen molar-refractivity contribution in [2.75, 3.05) is 0 Å². The predicted octanol–water partition coefficient (Wildman–Crippen LogP) is 4.79. The van der Waals surface area contributed by atoms with Crippen LogP contribution in [0.2, 0.25) is 5.02 Å². The fourth-order valence-electron chi connectivity index (χ4n) is 3.19. The van der Waals surface area contributed by atoms with Crippen LogP contribution in [-0.4, -0.2) is 14.8 Å². The fraction of sp³-hybridized carbons (Fsp3) is 0. The maximum Gasteiger partial charge on any atom is 0.121 e. The van der Waals surface area contributed by atoms with Gasteiger partial charge < -0.3 is 0 Å². The van der Waals surface area contributed by atoms with Crippen LogP contribution in [-0.2, 0) is 0 Å². The molecule has 0 radical (unpaired) electrons. The predicted molar refractivity (Wildman–Crippen MR) is 89.6 cm³/mol. The summed E-state index contributed by atoms with van der Waals surface area (Å²) in [7, 11) is 0. The number of benzene rings is 3. The van der Waals surface area contributed by atoms with Crippen molar-refractivity contribution >= 4 is 38.8 Å². The number of rotatable bonds is 1. The Morgan fingerprint density at radius 2 is 1.64 bits per heavy atom. The highest BCUT2D eigenvalue weighted by molar-refractivity contribution is 6.30. The molecule has 0 aliphatic rings. The maximum absolute atomic E-state index is 5.99. The lowest BCUT2D eigenvalue weighted by molar-refractivity contribution is 0.888. The van der Waals surface area contributed by atoms with Crippen LogP contribution in [0.25, 0.3) is 38.4 Å². The summed E-state index contributed by atoms with van der Waals surface area (Å²) in [5, 5.41) is 13.1. The van der Waals surface area contributed by atoms with E-state index in [1.165, 1.54) is 16.2 Å². The molecular formula is C18H10ClN3. The van der Waals surface area contributed by atoms with E-state index in [0.29, 0.717) is 0 Å². The minimum atomic E-state index is 0.720. The van der Waals surface area contributed by atoms with Gasteiger partial charge in [-0.1, -0.05) is 59.3 Å². The molecule has 0 N–H and O–H groups in total. The SMILES string of the molecule is Clc1ccc(-c2nnn3c4cccc5cccc(c54)c23)cc1. The molecule has 0 spiro atoms. The second-order valence-corrected chi connectivity index (χ2v) is 5.82. The van der Waals surface area contributed by atoms with Crippen LogP contribution in [0.4, 0.5) is 0 Å². The topological polar surface area (TPSA) is 30.2 Å². The van der Waals surface area contributed by atoms with Gasteiger partial charge in [0.25, 0.3) is 0 Å². The molecule has 3 nitrogen and oxygen atoms in total. The molecule has 2 aromatic heterocycles. The zero-order valence-electron chi connectivity index (χ0n) is 11.5. The van der Waals surface area contributed by atoms with E-state index in [-0.39, 0.29) is 0 Å². The standard InChI is InChI=1S/C18H10ClN3/c19-13-9-7-12(8-10-13)17-18-14-5-1-3-11-4-2-6-15(16(11)14)22(18)21-20-17/h1-10H. The number of hydrogen-bond acceptors (Lipinski definition) is 2. The molecule has 22 heavy (non-hydrogen) atoms. The summed E-state index contributed by atoms with van der Waals surface area (Å²) < 4.78 is 1.93. The van der Waals surface area contributed by atoms with Crippen molar-refractivity contribution in [2.45, 2.75) is 0 Å². The van der Waals surface area contributed by atoms with Gasteiger partial charge in [0, 0.05) is 21.4 Å². The van der Waals surface area contributed by atoms with E-state index in [0.717, 1.165) is 27.3 Å². The number of fused-ring (bicyclic) bond motifs is 3. The van der Waals surface area contributed by atoms with Crippen molar-refractivity contribution in [1.29, 1.82) is 0 Å². The van der Waals surface area contributed by atoms with Crippen LogP contribution in [0.5, 0.6) is 0 Å². The zero-order valence-corrected chi connectivity index (χ0v) is 12.2. The van der Waals surface area contributed by atoms with Gasteiger partial charge in [-0.3, -0.25) is 0 Å². The highest BCUT2D eigenvalue weighted by Crippen LogP contribution is 2.36. The van der Waals surface area contributed by atoms with E-state index in [2.05, 4.69) is 46.7 Å². The van der Waals surface area contributed by atoms with E-state index in [1.807, 2.05) is 28.8 Å². The molecule has 0 unspecified atom stereocenters. The Labute approximate surface area is 131 Å². The first-order chi connectivity index (χ1) is 10.8. The number of hydrogen-bond donors (Lipinski definition) is 0. The second-order valence-electron chi connectivity index (χ2n) is 5.39. The van der Waals surface area contributed by atoms with Gasteiger partial charge in [0.2, 0.25) is 0 Å². The van der Waals surface area contributed by atoms with Gasteiger partial charge in [-0.15, -0.1) is 5.10 Å². The van der Waals surface area contributed by atoms with Crippen LogP contribution >= 0.6 is 11.6 Å². The van der Waals surface area contributed by atoms with E-state index in [4.69, 9.17) is 11.6 Å². The Hall–Kier alpha value is -2.65. The normalized spacial score (nSPS) is 11.9. The highest BCUT2D eigenvalue weighted by atomic mass is 35.5. The minimum Gasteiger partial charge on any atom is -0.212 e. The summed E-state index contributed by atoms with van der Waals surface area (Å²) in [6, 6.07) is 20.3. The molecule has 5 rings (SSSR count). The third kappa shape index (κ3) is 1.46. The molecule has 0 bridgehead atoms. The third-order valence-corrected chi connectivity index (χ3v) is 4.41. The summed E-state index contributed by atoms with van der Waals surface area (Å²) in [4.78, 5) is 0. The van der Waals surface area contributed by atoms with Crippen LogP contribution in [0, 0.1) is 0 Å². The molecule has 4 heteroatoms. The summed E-state index contributed by atoms with van der Waals surface area (Å²) in [6.45, 7) is 0. The van der Waals surface area contributed by atoms with Gasteiger partial charge in [-0.05, 0) is 23.6 Å². The molecule has 3 aromatic carbocycles. The molecule has 0 amide bonds. The van der Waals surface area contributed by atoms with Gasteiger partial charge in [-0.2, -0.15) is 0 Å². The lowest BCUT2D eigenvalue weighted by atomic mass is 10.1. The van der Waals surface area contributed by atoms with E-state index in [1.54, 1.807) is 0 Å². The Balaban J connectivity index is 1.97. The molecule has 0 atom stereocenters. The molecule has 0 aliphatic heterocycles. The Bertz CT molecular complexity index is 1120. The van der Waals surface area contributed by atoms with Gasteiger partial charge in [0.05, 0.1) is 5.52 Å². The van der Waals surface area contributed by atoms with Gasteiger partial charge in [0.1, 0.15) is 11.2 Å². The maximum atomic E-state index is 5.99. The summed E-state index contributed by atoms with van der Waals surface area (Å²) in [5.41, 5.74) is 4.06. The third-order valence-electron chi connectivity index (χ3n) is 4.15. The number of halogens is 1. The Morgan fingerprint density at radius 1 is 0.864 bits per heavy atom. The lowest BCUT2D eigenvalue weighted by Crippen LogP contribution is -1.82. The molecule has 104 valence electrons. The Kier molecular flexibility index (Phi) is 2.27. The van der Waals surface area contributed by atoms with E-state index >= 15 is 0 Å². The Morgan fingerprint density at radius 3 is 2.45 bits per heavy atom. The van der Waals surface area contributed by atoms with Crippen molar-refractivity contribution in [2.24, 2.45) is 0 Å². The molecule has 2 heterocycles. The van der Waals surface area contributed by atoms with Crippen LogP contribution in [0.15, 0.2) is 60.7 Å². The first-order valence-electron chi connectivity index (χ1n) is 7.07. The summed E-state index contributed by atoms with van der Waals surface area (Å²) in [6.07, 6.45) is 0. The summed E-state index contributed by atoms with van der Waals surface area (Å²) >= 11 is 5.99. The van der Waals surface area contributed by atoms with Crippen molar-refractivity contribution < 1.29 is 0 Å². The molecule has 5 aromatic rings. The van der Waals surface area contributed by atoms with E-state index < -0.39 is 0 Å². The van der Waals surface area contributed by atoms with Crippen molar-refractivity contribution in [1.82, 2.24) is 14.8 Å². The van der Waals surface area contributed by atoms with Gasteiger partial charge >= 0.3 is 0 Å². The fourth-order valence-corrected chi connectivity index (χ4v) is 3.32. The van der Waals surface area contributed by atoms with E-state index in [9.17, 15) is 0 Å². The first-order valence-corrected chi connectivity index (χ1v) is 7.45. The average molecular weight is 304 g/mol. The number of aromatic nitrogens is 3. The average Bonchev–Trinajstić information content (AvgIpc) is 3.11. The van der Waals surface area contributed by atoms with Gasteiger partial charge in [0.15, 0.2) is 0 Å². The van der Waals surface area contributed by atoms with Crippen molar-refractivity contribution in [3.8, 4) is 11.3 Å². The van der Waals surface area contributed by atoms with Crippen LogP contribution < -0.4 is 0 Å². The molecule has 0 saturated carbocycles. The molecular weight excluding hydrogens is 294 g/mol. The zero-order chi connectivity index (χ0) is 14.7. The molecule has 0 aliphatic carbocycles. The van der Waals surface area contributed by atoms with Crippen molar-refractivity contribution in [3.63, 3.8) is 0 Å². The molecule has 0 fully saturated rings. The van der Waals surface area contributed by atoms with Crippen LogP contribution in [0.1, 0.15) is 0 Å². The smallest absolute Gasteiger partial charge is 0.121 e. The highest BCUT2D eigenvalue weighted by Gasteiger charge is 2.17. The van der Waals surface area contributed by atoms with Gasteiger partial charge in [-0.25, -0.2) is 4.52 Å². The summed E-state index contributed by atoms with van der Waals surface area (Å²) in [5.74, 6) is 0. The second kappa shape index (κ2) is 4.18. The largest absolute Gasteiger partial charge is 0.212 e. The first kappa shape index (κ1) is 12.0. The molecule has 0 saturated heterocycles. The number of nitrogens with zero attached hydrogens (tertiary/aromatic N) is 3. The minimum absolute atomic E-state index is 0.720.